The number of rotatable bonds is 2. The minimum Gasteiger partial charge on any atom is -0.481 e. The Kier molecular flexibility index (Phi) is 3.32. The third kappa shape index (κ3) is 2.79. The van der Waals surface area contributed by atoms with Crippen molar-refractivity contribution in [2.24, 2.45) is 0 Å². The summed E-state index contributed by atoms with van der Waals surface area (Å²) < 4.78 is 37.3. The van der Waals surface area contributed by atoms with Crippen molar-refractivity contribution >= 4 is 23.3 Å². The Morgan fingerprint density at radius 3 is 2.44 bits per heavy atom. The molecule has 0 saturated heterocycles. The SMILES string of the molecule is Nc1cc(Cl)c(CC(=O)O)cc1C(F)(F)F. The fraction of sp³-hybridized carbons (Fsp3) is 0.222. The number of nitrogens with two attached hydrogens (primary N) is 1. The molecule has 0 spiro atoms. The summed E-state index contributed by atoms with van der Waals surface area (Å²) in [7, 11) is 0. The van der Waals surface area contributed by atoms with E-state index in [1.54, 1.807) is 0 Å². The summed E-state index contributed by atoms with van der Waals surface area (Å²) in [5, 5.41) is 8.39. The van der Waals surface area contributed by atoms with Crippen LogP contribution in [-0.2, 0) is 17.4 Å². The number of halogens is 4. The van der Waals surface area contributed by atoms with Crippen molar-refractivity contribution in [1.29, 1.82) is 0 Å². The Morgan fingerprint density at radius 2 is 2.00 bits per heavy atom. The molecule has 0 aromatic heterocycles. The fourth-order valence-corrected chi connectivity index (χ4v) is 1.42. The van der Waals surface area contributed by atoms with Crippen LogP contribution >= 0.6 is 11.6 Å². The van der Waals surface area contributed by atoms with Gasteiger partial charge in [-0.2, -0.15) is 13.2 Å². The highest BCUT2D eigenvalue weighted by Gasteiger charge is 2.33. The second-order valence-electron chi connectivity index (χ2n) is 3.10. The van der Waals surface area contributed by atoms with E-state index in [1.165, 1.54) is 0 Å². The number of hydrogen-bond acceptors (Lipinski definition) is 2. The van der Waals surface area contributed by atoms with Gasteiger partial charge >= 0.3 is 12.1 Å². The molecule has 0 heterocycles. The van der Waals surface area contributed by atoms with E-state index in [0.29, 0.717) is 6.07 Å². The first-order valence-corrected chi connectivity index (χ1v) is 4.46. The molecule has 16 heavy (non-hydrogen) atoms. The number of hydrogen-bond donors (Lipinski definition) is 2. The Morgan fingerprint density at radius 1 is 1.44 bits per heavy atom. The van der Waals surface area contributed by atoms with E-state index in [2.05, 4.69) is 0 Å². The molecule has 0 radical (unpaired) electrons. The Labute approximate surface area is 93.6 Å². The highest BCUT2D eigenvalue weighted by Crippen LogP contribution is 2.36. The zero-order valence-electron chi connectivity index (χ0n) is 7.81. The average molecular weight is 254 g/mol. The molecule has 0 atom stereocenters. The minimum atomic E-state index is -4.62. The zero-order chi connectivity index (χ0) is 12.5. The number of alkyl halides is 3. The lowest BCUT2D eigenvalue weighted by molar-refractivity contribution is -0.138. The van der Waals surface area contributed by atoms with Crippen molar-refractivity contribution in [3.63, 3.8) is 0 Å². The number of anilines is 1. The van der Waals surface area contributed by atoms with Gasteiger partial charge in [0.25, 0.3) is 0 Å². The molecule has 1 rings (SSSR count). The first-order valence-electron chi connectivity index (χ1n) is 4.08. The van der Waals surface area contributed by atoms with E-state index in [0.717, 1.165) is 6.07 Å². The van der Waals surface area contributed by atoms with Crippen LogP contribution in [0, 0.1) is 0 Å². The van der Waals surface area contributed by atoms with Crippen LogP contribution in [0.25, 0.3) is 0 Å². The van der Waals surface area contributed by atoms with Crippen molar-refractivity contribution < 1.29 is 23.1 Å². The topological polar surface area (TPSA) is 63.3 Å². The van der Waals surface area contributed by atoms with E-state index < -0.39 is 29.8 Å². The molecule has 0 amide bonds. The molecule has 3 N–H and O–H groups in total. The van der Waals surface area contributed by atoms with Crippen LogP contribution in [0.15, 0.2) is 12.1 Å². The van der Waals surface area contributed by atoms with Gasteiger partial charge in [-0.15, -0.1) is 0 Å². The number of carbonyl (C=O) groups is 1. The van der Waals surface area contributed by atoms with Crippen molar-refractivity contribution in [1.82, 2.24) is 0 Å². The molecule has 3 nitrogen and oxygen atoms in total. The summed E-state index contributed by atoms with van der Waals surface area (Å²) >= 11 is 5.58. The highest BCUT2D eigenvalue weighted by atomic mass is 35.5. The van der Waals surface area contributed by atoms with E-state index in [9.17, 15) is 18.0 Å². The number of benzene rings is 1. The fourth-order valence-electron chi connectivity index (χ4n) is 1.18. The molecule has 0 bridgehead atoms. The van der Waals surface area contributed by atoms with E-state index in [1.807, 2.05) is 0 Å². The van der Waals surface area contributed by atoms with Crippen LogP contribution in [0.2, 0.25) is 5.02 Å². The highest BCUT2D eigenvalue weighted by molar-refractivity contribution is 6.31. The molecule has 0 aliphatic heterocycles. The van der Waals surface area contributed by atoms with Crippen molar-refractivity contribution in [2.45, 2.75) is 12.6 Å². The molecular weight excluding hydrogens is 247 g/mol. The molecule has 88 valence electrons. The summed E-state index contributed by atoms with van der Waals surface area (Å²) in [4.78, 5) is 10.4. The second-order valence-corrected chi connectivity index (χ2v) is 3.51. The van der Waals surface area contributed by atoms with Crippen LogP contribution in [0.3, 0.4) is 0 Å². The number of aliphatic carboxylic acids is 1. The van der Waals surface area contributed by atoms with Gasteiger partial charge in [0.1, 0.15) is 0 Å². The van der Waals surface area contributed by atoms with Crippen molar-refractivity contribution in [3.05, 3.63) is 28.3 Å². The maximum Gasteiger partial charge on any atom is 0.418 e. The van der Waals surface area contributed by atoms with Gasteiger partial charge in [-0.3, -0.25) is 4.79 Å². The molecule has 0 aliphatic rings. The summed E-state index contributed by atoms with van der Waals surface area (Å²) in [6.45, 7) is 0. The summed E-state index contributed by atoms with van der Waals surface area (Å²) in [6.07, 6.45) is -5.20. The third-order valence-corrected chi connectivity index (χ3v) is 2.22. The lowest BCUT2D eigenvalue weighted by Gasteiger charge is -2.12. The standard InChI is InChI=1S/C9H7ClF3NO2/c10-6-3-7(14)5(9(11,12)13)1-4(6)2-8(15)16/h1,3H,2,14H2,(H,15,16). The monoisotopic (exact) mass is 253 g/mol. The molecule has 0 fully saturated rings. The zero-order valence-corrected chi connectivity index (χ0v) is 8.56. The maximum atomic E-state index is 12.4. The van der Waals surface area contributed by atoms with Crippen LogP contribution in [-0.4, -0.2) is 11.1 Å². The average Bonchev–Trinajstić information content (AvgIpc) is 2.06. The first-order chi connectivity index (χ1) is 7.21. The van der Waals surface area contributed by atoms with Gasteiger partial charge < -0.3 is 10.8 Å². The second kappa shape index (κ2) is 4.21. The Hall–Kier alpha value is -1.43. The lowest BCUT2D eigenvalue weighted by atomic mass is 10.1. The normalized spacial score (nSPS) is 11.5. The Balaban J connectivity index is 3.27. The van der Waals surface area contributed by atoms with Gasteiger partial charge in [0.05, 0.1) is 12.0 Å². The largest absolute Gasteiger partial charge is 0.481 e. The quantitative estimate of drug-likeness (QED) is 0.796. The van der Waals surface area contributed by atoms with Crippen molar-refractivity contribution in [2.75, 3.05) is 5.73 Å². The first kappa shape index (κ1) is 12.6. The molecule has 0 saturated carbocycles. The van der Waals surface area contributed by atoms with Gasteiger partial charge in [-0.05, 0) is 17.7 Å². The summed E-state index contributed by atoms with van der Waals surface area (Å²) in [6, 6.07) is 1.56. The predicted molar refractivity (Wildman–Crippen MR) is 52.2 cm³/mol. The smallest absolute Gasteiger partial charge is 0.418 e. The van der Waals surface area contributed by atoms with Crippen LogP contribution in [0.1, 0.15) is 11.1 Å². The van der Waals surface area contributed by atoms with Gasteiger partial charge in [-0.1, -0.05) is 11.6 Å². The number of nitrogen functional groups attached to an aromatic ring is 1. The molecule has 0 unspecified atom stereocenters. The summed E-state index contributed by atoms with van der Waals surface area (Å²) in [5.41, 5.74) is 3.44. The Bertz CT molecular complexity index is 431. The van der Waals surface area contributed by atoms with Crippen molar-refractivity contribution in [3.8, 4) is 0 Å². The molecule has 1 aromatic rings. The molecule has 0 aliphatic carbocycles. The van der Waals surface area contributed by atoms with Gasteiger partial charge in [0, 0.05) is 10.7 Å². The van der Waals surface area contributed by atoms with Crippen LogP contribution < -0.4 is 5.73 Å². The lowest BCUT2D eigenvalue weighted by Crippen LogP contribution is -2.11. The molecule has 7 heteroatoms. The van der Waals surface area contributed by atoms with Gasteiger partial charge in [0.2, 0.25) is 0 Å². The van der Waals surface area contributed by atoms with E-state index in [4.69, 9.17) is 22.4 Å². The maximum absolute atomic E-state index is 12.4. The summed E-state index contributed by atoms with van der Waals surface area (Å²) in [5.74, 6) is -1.26. The third-order valence-electron chi connectivity index (χ3n) is 1.87. The minimum absolute atomic E-state index is 0.0899. The molecular formula is C9H7ClF3NO2. The number of carboxylic acids is 1. The predicted octanol–water partition coefficient (Wildman–Crippen LogP) is 2.57. The van der Waals surface area contributed by atoms with E-state index >= 15 is 0 Å². The van der Waals surface area contributed by atoms with Gasteiger partial charge in [-0.25, -0.2) is 0 Å². The number of carboxylic acid groups (broad SMARTS) is 1. The van der Waals surface area contributed by atoms with Gasteiger partial charge in [0.15, 0.2) is 0 Å². The molecule has 1 aromatic carbocycles. The van der Waals surface area contributed by atoms with Crippen LogP contribution in [0.5, 0.6) is 0 Å². The van der Waals surface area contributed by atoms with Crippen LogP contribution in [0.4, 0.5) is 18.9 Å². The van der Waals surface area contributed by atoms with E-state index in [-0.39, 0.29) is 10.6 Å².